The van der Waals surface area contributed by atoms with Crippen molar-refractivity contribution in [2.24, 2.45) is 0 Å². The smallest absolute Gasteiger partial charge is 0.146 e. The minimum absolute atomic E-state index is 0.00585. The standard InChI is InChI=1S/C14H11F4N/c1-8-2-13(18)14(6-12(8)17)19-7-9-3-10(15)5-11(16)4-9/h2-6,19H,7H2,1H3. The number of hydrogen-bond donors (Lipinski definition) is 1. The summed E-state index contributed by atoms with van der Waals surface area (Å²) in [5.74, 6) is -2.59. The zero-order valence-electron chi connectivity index (χ0n) is 10.1. The molecule has 0 fully saturated rings. The van der Waals surface area contributed by atoms with Gasteiger partial charge in [-0.3, -0.25) is 0 Å². The minimum Gasteiger partial charge on any atom is -0.379 e. The first kappa shape index (κ1) is 13.4. The molecule has 0 amide bonds. The lowest BCUT2D eigenvalue weighted by atomic mass is 10.2. The molecule has 1 nitrogen and oxygen atoms in total. The van der Waals surface area contributed by atoms with Crippen molar-refractivity contribution < 1.29 is 17.6 Å². The molecule has 2 aromatic carbocycles. The first-order valence-corrected chi connectivity index (χ1v) is 5.60. The van der Waals surface area contributed by atoms with E-state index in [0.717, 1.165) is 30.3 Å². The fourth-order valence-corrected chi connectivity index (χ4v) is 1.69. The van der Waals surface area contributed by atoms with Crippen molar-refractivity contribution in [3.05, 3.63) is 64.7 Å². The van der Waals surface area contributed by atoms with Crippen LogP contribution in [0.25, 0.3) is 0 Å². The summed E-state index contributed by atoms with van der Waals surface area (Å²) < 4.78 is 52.7. The number of hydrogen-bond acceptors (Lipinski definition) is 1. The Kier molecular flexibility index (Phi) is 3.74. The summed E-state index contributed by atoms with van der Waals surface area (Å²) >= 11 is 0. The predicted molar refractivity (Wildman–Crippen MR) is 64.8 cm³/mol. The molecule has 19 heavy (non-hydrogen) atoms. The van der Waals surface area contributed by atoms with Gasteiger partial charge in [0, 0.05) is 18.7 Å². The number of rotatable bonds is 3. The summed E-state index contributed by atoms with van der Waals surface area (Å²) in [4.78, 5) is 0. The number of aryl methyl sites for hydroxylation is 1. The molecule has 0 saturated heterocycles. The van der Waals surface area contributed by atoms with E-state index in [9.17, 15) is 17.6 Å². The molecule has 0 aliphatic rings. The largest absolute Gasteiger partial charge is 0.379 e. The summed E-state index contributed by atoms with van der Waals surface area (Å²) in [6.07, 6.45) is 0. The van der Waals surface area contributed by atoms with Crippen LogP contribution in [0.15, 0.2) is 30.3 Å². The maximum absolute atomic E-state index is 13.5. The normalized spacial score (nSPS) is 10.6. The van der Waals surface area contributed by atoms with Crippen LogP contribution in [0.1, 0.15) is 11.1 Å². The summed E-state index contributed by atoms with van der Waals surface area (Å²) in [6, 6.07) is 5.07. The van der Waals surface area contributed by atoms with E-state index in [1.54, 1.807) is 0 Å². The Morgan fingerprint density at radius 1 is 0.842 bits per heavy atom. The minimum atomic E-state index is -0.715. The van der Waals surface area contributed by atoms with E-state index in [1.807, 2.05) is 0 Å². The third kappa shape index (κ3) is 3.24. The quantitative estimate of drug-likeness (QED) is 0.825. The lowest BCUT2D eigenvalue weighted by Gasteiger charge is -2.09. The number of halogens is 4. The summed E-state index contributed by atoms with van der Waals surface area (Å²) in [6.45, 7) is 1.44. The molecule has 100 valence electrons. The molecule has 0 unspecified atom stereocenters. The third-order valence-electron chi connectivity index (χ3n) is 2.65. The van der Waals surface area contributed by atoms with Crippen molar-refractivity contribution >= 4 is 5.69 Å². The predicted octanol–water partition coefficient (Wildman–Crippen LogP) is 4.16. The molecule has 1 N–H and O–H groups in total. The molecule has 2 rings (SSSR count). The fourth-order valence-electron chi connectivity index (χ4n) is 1.69. The maximum Gasteiger partial charge on any atom is 0.146 e. The first-order valence-electron chi connectivity index (χ1n) is 5.60. The fraction of sp³-hybridized carbons (Fsp3) is 0.143. The molecule has 0 aromatic heterocycles. The Morgan fingerprint density at radius 2 is 1.47 bits per heavy atom. The van der Waals surface area contributed by atoms with Crippen molar-refractivity contribution in [1.29, 1.82) is 0 Å². The zero-order chi connectivity index (χ0) is 14.0. The lowest BCUT2D eigenvalue weighted by molar-refractivity contribution is 0.580. The lowest BCUT2D eigenvalue weighted by Crippen LogP contribution is -2.03. The van der Waals surface area contributed by atoms with Gasteiger partial charge in [0.25, 0.3) is 0 Å². The van der Waals surface area contributed by atoms with Crippen LogP contribution in [0, 0.1) is 30.2 Å². The van der Waals surface area contributed by atoms with Gasteiger partial charge in [0.1, 0.15) is 23.3 Å². The Morgan fingerprint density at radius 3 is 2.11 bits per heavy atom. The van der Waals surface area contributed by atoms with Crippen molar-refractivity contribution in [3.8, 4) is 0 Å². The molecule has 0 atom stereocenters. The van der Waals surface area contributed by atoms with Crippen molar-refractivity contribution in [2.45, 2.75) is 13.5 Å². The van der Waals surface area contributed by atoms with E-state index in [-0.39, 0.29) is 17.8 Å². The molecule has 0 heterocycles. The van der Waals surface area contributed by atoms with Crippen LogP contribution in [0.4, 0.5) is 23.2 Å². The van der Waals surface area contributed by atoms with Gasteiger partial charge in [0.15, 0.2) is 0 Å². The van der Waals surface area contributed by atoms with Gasteiger partial charge in [-0.2, -0.15) is 0 Å². The highest BCUT2D eigenvalue weighted by Gasteiger charge is 2.07. The molecular weight excluding hydrogens is 258 g/mol. The van der Waals surface area contributed by atoms with Crippen LogP contribution in [0.3, 0.4) is 0 Å². The molecule has 0 saturated carbocycles. The van der Waals surface area contributed by atoms with E-state index in [1.165, 1.54) is 6.92 Å². The monoisotopic (exact) mass is 269 g/mol. The summed E-state index contributed by atoms with van der Waals surface area (Å²) in [5.41, 5.74) is 0.450. The first-order chi connectivity index (χ1) is 8.95. The van der Waals surface area contributed by atoms with Crippen LogP contribution < -0.4 is 5.32 Å². The van der Waals surface area contributed by atoms with Gasteiger partial charge < -0.3 is 5.32 Å². The van der Waals surface area contributed by atoms with E-state index in [0.29, 0.717) is 5.56 Å². The molecule has 0 spiro atoms. The van der Waals surface area contributed by atoms with Crippen LogP contribution in [0.5, 0.6) is 0 Å². The number of benzene rings is 2. The van der Waals surface area contributed by atoms with Crippen molar-refractivity contribution in [2.75, 3.05) is 5.32 Å². The van der Waals surface area contributed by atoms with E-state index in [2.05, 4.69) is 5.32 Å². The van der Waals surface area contributed by atoms with E-state index >= 15 is 0 Å². The van der Waals surface area contributed by atoms with Crippen LogP contribution >= 0.6 is 0 Å². The molecule has 0 aliphatic carbocycles. The van der Waals surface area contributed by atoms with Crippen molar-refractivity contribution in [3.63, 3.8) is 0 Å². The van der Waals surface area contributed by atoms with E-state index in [4.69, 9.17) is 0 Å². The SMILES string of the molecule is Cc1cc(F)c(NCc2cc(F)cc(F)c2)cc1F. The number of nitrogens with one attached hydrogen (secondary N) is 1. The Hall–Kier alpha value is -2.04. The van der Waals surface area contributed by atoms with Crippen LogP contribution in [0.2, 0.25) is 0 Å². The molecule has 5 heteroatoms. The average Bonchev–Trinajstić information content (AvgIpc) is 2.31. The summed E-state index contributed by atoms with van der Waals surface area (Å²) in [7, 11) is 0. The second kappa shape index (κ2) is 5.30. The molecular formula is C14H11F4N. The van der Waals surface area contributed by atoms with Gasteiger partial charge in [0.2, 0.25) is 0 Å². The van der Waals surface area contributed by atoms with Crippen molar-refractivity contribution in [1.82, 2.24) is 0 Å². The van der Waals surface area contributed by atoms with Crippen LogP contribution in [-0.4, -0.2) is 0 Å². The van der Waals surface area contributed by atoms with Gasteiger partial charge in [0.05, 0.1) is 5.69 Å². The van der Waals surface area contributed by atoms with Gasteiger partial charge in [-0.1, -0.05) is 0 Å². The highest BCUT2D eigenvalue weighted by atomic mass is 19.1. The Balaban J connectivity index is 2.16. The van der Waals surface area contributed by atoms with Gasteiger partial charge in [-0.15, -0.1) is 0 Å². The second-order valence-electron chi connectivity index (χ2n) is 4.21. The molecule has 2 aromatic rings. The topological polar surface area (TPSA) is 12.0 Å². The maximum atomic E-state index is 13.5. The second-order valence-corrected chi connectivity index (χ2v) is 4.21. The van der Waals surface area contributed by atoms with Gasteiger partial charge in [-0.05, 0) is 36.2 Å². The number of anilines is 1. The van der Waals surface area contributed by atoms with Crippen LogP contribution in [-0.2, 0) is 6.54 Å². The zero-order valence-corrected chi connectivity index (χ0v) is 10.1. The molecule has 0 aliphatic heterocycles. The average molecular weight is 269 g/mol. The highest BCUT2D eigenvalue weighted by Crippen LogP contribution is 2.20. The third-order valence-corrected chi connectivity index (χ3v) is 2.65. The van der Waals surface area contributed by atoms with E-state index < -0.39 is 23.3 Å². The Labute approximate surface area is 107 Å². The highest BCUT2D eigenvalue weighted by molar-refractivity contribution is 5.47. The van der Waals surface area contributed by atoms with Gasteiger partial charge >= 0.3 is 0 Å². The molecule has 0 radical (unpaired) electrons. The molecule has 0 bridgehead atoms. The van der Waals surface area contributed by atoms with Gasteiger partial charge in [-0.25, -0.2) is 17.6 Å². The Bertz CT molecular complexity index is 590. The summed E-state index contributed by atoms with van der Waals surface area (Å²) in [5, 5.41) is 2.60.